The number of ether oxygens (including phenoxy) is 1. The molecule has 74 valence electrons. The van der Waals surface area contributed by atoms with E-state index in [9.17, 15) is 8.78 Å². The molecule has 1 heterocycles. The summed E-state index contributed by atoms with van der Waals surface area (Å²) in [5.41, 5.74) is 0. The molecule has 0 aliphatic heterocycles. The Morgan fingerprint density at radius 1 is 1.57 bits per heavy atom. The fourth-order valence-electron chi connectivity index (χ4n) is 0.836. The number of pyridine rings is 1. The van der Waals surface area contributed by atoms with Crippen LogP contribution in [0.5, 0.6) is 5.88 Å². The molecule has 1 aromatic rings. The molecule has 0 unspecified atom stereocenters. The summed E-state index contributed by atoms with van der Waals surface area (Å²) in [7, 11) is 1.47. The summed E-state index contributed by atoms with van der Waals surface area (Å²) >= 11 is 0. The molecule has 1 aromatic heterocycles. The van der Waals surface area contributed by atoms with Gasteiger partial charge in [0.25, 0.3) is 5.88 Å². The standard InChI is InChI=1S/C9H8F2N2O/c1-3-4-14-9-7(11)5-6(10)8(12-2)13-9/h1,5H,4H2,2H3,(H,12,13). The lowest BCUT2D eigenvalue weighted by Gasteiger charge is -2.06. The van der Waals surface area contributed by atoms with Crippen LogP contribution in [0.25, 0.3) is 0 Å². The second kappa shape index (κ2) is 4.42. The van der Waals surface area contributed by atoms with Gasteiger partial charge in [0.1, 0.15) is 0 Å². The molecule has 0 fully saturated rings. The van der Waals surface area contributed by atoms with Crippen LogP contribution in [0.2, 0.25) is 0 Å². The van der Waals surface area contributed by atoms with Crippen LogP contribution in [-0.2, 0) is 0 Å². The number of rotatable bonds is 3. The van der Waals surface area contributed by atoms with Gasteiger partial charge in [-0.15, -0.1) is 6.42 Å². The minimum absolute atomic E-state index is 0.0848. The maximum atomic E-state index is 13.0. The monoisotopic (exact) mass is 198 g/mol. The van der Waals surface area contributed by atoms with E-state index in [2.05, 4.69) is 16.2 Å². The third-order valence-electron chi connectivity index (χ3n) is 1.43. The van der Waals surface area contributed by atoms with Gasteiger partial charge in [-0.25, -0.2) is 8.78 Å². The predicted octanol–water partition coefficient (Wildman–Crippen LogP) is 1.41. The Morgan fingerprint density at radius 3 is 2.86 bits per heavy atom. The highest BCUT2D eigenvalue weighted by molar-refractivity contribution is 5.38. The first kappa shape index (κ1) is 10.3. The van der Waals surface area contributed by atoms with Crippen molar-refractivity contribution in [2.75, 3.05) is 19.0 Å². The van der Waals surface area contributed by atoms with Crippen LogP contribution in [0, 0.1) is 24.0 Å². The molecule has 0 saturated carbocycles. The van der Waals surface area contributed by atoms with Crippen molar-refractivity contribution in [3.8, 4) is 18.2 Å². The van der Waals surface area contributed by atoms with Crippen molar-refractivity contribution in [1.82, 2.24) is 4.98 Å². The second-order valence-electron chi connectivity index (χ2n) is 2.35. The van der Waals surface area contributed by atoms with Crippen molar-refractivity contribution in [3.05, 3.63) is 17.7 Å². The van der Waals surface area contributed by atoms with Crippen molar-refractivity contribution in [1.29, 1.82) is 0 Å². The van der Waals surface area contributed by atoms with E-state index in [-0.39, 0.29) is 18.3 Å². The smallest absolute Gasteiger partial charge is 0.253 e. The fourth-order valence-corrected chi connectivity index (χ4v) is 0.836. The summed E-state index contributed by atoms with van der Waals surface area (Å²) in [5.74, 6) is 0.0987. The number of anilines is 1. The van der Waals surface area contributed by atoms with Crippen molar-refractivity contribution < 1.29 is 13.5 Å². The molecule has 1 N–H and O–H groups in total. The van der Waals surface area contributed by atoms with Crippen molar-refractivity contribution in [2.24, 2.45) is 0 Å². The molecule has 1 rings (SSSR count). The van der Waals surface area contributed by atoms with Crippen molar-refractivity contribution >= 4 is 5.82 Å². The number of halogens is 2. The molecule has 14 heavy (non-hydrogen) atoms. The van der Waals surface area contributed by atoms with E-state index in [0.29, 0.717) is 6.07 Å². The Kier molecular flexibility index (Phi) is 3.24. The molecule has 0 aromatic carbocycles. The summed E-state index contributed by atoms with van der Waals surface area (Å²) in [6, 6.07) is 0.685. The zero-order valence-electron chi connectivity index (χ0n) is 7.47. The first-order valence-electron chi connectivity index (χ1n) is 3.79. The van der Waals surface area contributed by atoms with Gasteiger partial charge in [0.2, 0.25) is 0 Å². The van der Waals surface area contributed by atoms with Gasteiger partial charge < -0.3 is 10.1 Å². The zero-order valence-corrected chi connectivity index (χ0v) is 7.47. The van der Waals surface area contributed by atoms with Gasteiger partial charge in [0, 0.05) is 13.1 Å². The largest absolute Gasteiger partial charge is 0.462 e. The molecule has 0 aliphatic carbocycles. The van der Waals surface area contributed by atoms with Gasteiger partial charge in [-0.1, -0.05) is 5.92 Å². The summed E-state index contributed by atoms with van der Waals surface area (Å²) in [5, 5.41) is 2.45. The van der Waals surface area contributed by atoms with E-state index in [1.54, 1.807) is 0 Å². The highest BCUT2D eigenvalue weighted by Gasteiger charge is 2.11. The Bertz CT molecular complexity index is 374. The molecular formula is C9H8F2N2O. The maximum absolute atomic E-state index is 13.0. The number of hydrogen-bond donors (Lipinski definition) is 1. The number of terminal acetylenes is 1. The topological polar surface area (TPSA) is 34.1 Å². The van der Waals surface area contributed by atoms with Gasteiger partial charge >= 0.3 is 0 Å². The first-order chi connectivity index (χ1) is 6.69. The highest BCUT2D eigenvalue weighted by Crippen LogP contribution is 2.20. The number of nitrogens with one attached hydrogen (secondary N) is 1. The van der Waals surface area contributed by atoms with E-state index in [4.69, 9.17) is 11.2 Å². The maximum Gasteiger partial charge on any atom is 0.253 e. The molecule has 5 heteroatoms. The highest BCUT2D eigenvalue weighted by atomic mass is 19.1. The molecule has 0 spiro atoms. The van der Waals surface area contributed by atoms with E-state index in [1.165, 1.54) is 7.05 Å². The second-order valence-corrected chi connectivity index (χ2v) is 2.35. The van der Waals surface area contributed by atoms with Gasteiger partial charge in [-0.05, 0) is 0 Å². The number of hydrogen-bond acceptors (Lipinski definition) is 3. The minimum atomic E-state index is -0.878. The molecular weight excluding hydrogens is 190 g/mol. The number of nitrogens with zero attached hydrogens (tertiary/aromatic N) is 1. The fraction of sp³-hybridized carbons (Fsp3) is 0.222. The van der Waals surface area contributed by atoms with Crippen LogP contribution in [0.1, 0.15) is 0 Å². The summed E-state index contributed by atoms with van der Waals surface area (Å²) in [4.78, 5) is 3.55. The van der Waals surface area contributed by atoms with E-state index in [0.717, 1.165) is 0 Å². The third kappa shape index (κ3) is 2.10. The van der Waals surface area contributed by atoms with Gasteiger partial charge in [0.05, 0.1) is 0 Å². The lowest BCUT2D eigenvalue weighted by molar-refractivity contribution is 0.331. The summed E-state index contributed by atoms with van der Waals surface area (Å²) in [6.45, 7) is -0.112. The van der Waals surface area contributed by atoms with Gasteiger partial charge in [-0.2, -0.15) is 4.98 Å². The van der Waals surface area contributed by atoms with Crippen LogP contribution >= 0.6 is 0 Å². The quantitative estimate of drug-likeness (QED) is 0.746. The Hall–Kier alpha value is -1.83. The normalized spacial score (nSPS) is 9.29. The summed E-state index contributed by atoms with van der Waals surface area (Å²) < 4.78 is 30.6. The van der Waals surface area contributed by atoms with Crippen LogP contribution in [0.15, 0.2) is 6.07 Å². The number of aromatic nitrogens is 1. The lowest BCUT2D eigenvalue weighted by atomic mass is 10.4. The van der Waals surface area contributed by atoms with Crippen molar-refractivity contribution in [2.45, 2.75) is 0 Å². The average molecular weight is 198 g/mol. The molecule has 3 nitrogen and oxygen atoms in total. The lowest BCUT2D eigenvalue weighted by Crippen LogP contribution is -2.03. The van der Waals surface area contributed by atoms with Crippen LogP contribution in [-0.4, -0.2) is 18.6 Å². The first-order valence-corrected chi connectivity index (χ1v) is 3.79. The minimum Gasteiger partial charge on any atom is -0.462 e. The Labute approximate surface area is 80.1 Å². The molecule has 0 radical (unpaired) electrons. The van der Waals surface area contributed by atoms with E-state index >= 15 is 0 Å². The molecule has 0 aliphatic rings. The summed E-state index contributed by atoms with van der Waals surface area (Å²) in [6.07, 6.45) is 4.91. The predicted molar refractivity (Wildman–Crippen MR) is 48.0 cm³/mol. The molecule has 0 atom stereocenters. The average Bonchev–Trinajstić information content (AvgIpc) is 2.17. The molecule has 0 bridgehead atoms. The Balaban J connectivity index is 2.99. The van der Waals surface area contributed by atoms with Crippen LogP contribution in [0.4, 0.5) is 14.6 Å². The third-order valence-corrected chi connectivity index (χ3v) is 1.43. The van der Waals surface area contributed by atoms with Crippen LogP contribution in [0.3, 0.4) is 0 Å². The van der Waals surface area contributed by atoms with Gasteiger partial charge in [0.15, 0.2) is 24.1 Å². The Morgan fingerprint density at radius 2 is 2.29 bits per heavy atom. The zero-order chi connectivity index (χ0) is 10.6. The molecule has 0 saturated heterocycles. The van der Waals surface area contributed by atoms with Crippen molar-refractivity contribution in [3.63, 3.8) is 0 Å². The SMILES string of the molecule is C#CCOc1nc(NC)c(F)cc1F. The molecule has 0 amide bonds. The van der Waals surface area contributed by atoms with E-state index < -0.39 is 11.6 Å². The van der Waals surface area contributed by atoms with Gasteiger partial charge in [-0.3, -0.25) is 0 Å². The van der Waals surface area contributed by atoms with E-state index in [1.807, 2.05) is 0 Å². The van der Waals surface area contributed by atoms with Crippen LogP contribution < -0.4 is 10.1 Å².